The number of carbonyl (C=O) groups is 2. The summed E-state index contributed by atoms with van der Waals surface area (Å²) in [4.78, 5) is 19.1. The Labute approximate surface area is 56.2 Å². The van der Waals surface area contributed by atoms with Crippen LogP contribution in [0.15, 0.2) is 11.0 Å². The van der Waals surface area contributed by atoms with Gasteiger partial charge in [-0.15, -0.1) is 12.6 Å². The van der Waals surface area contributed by atoms with E-state index in [9.17, 15) is 9.59 Å². The number of carboxylic acid groups (broad SMARTS) is 2. The molecule has 50 valence electrons. The molecule has 0 aromatic rings. The second kappa shape index (κ2) is 3.13. The molecule has 0 spiro atoms. The molecule has 0 fully saturated rings. The number of thiol groups is 1. The lowest BCUT2D eigenvalue weighted by molar-refractivity contribution is -0.134. The normalized spacial score (nSPS) is 11.0. The van der Waals surface area contributed by atoms with Gasteiger partial charge in [-0.1, -0.05) is 0 Å². The molecule has 0 radical (unpaired) electrons. The van der Waals surface area contributed by atoms with E-state index in [1.54, 1.807) is 0 Å². The Morgan fingerprint density at radius 2 is 1.78 bits per heavy atom. The molecular weight excluding hydrogens is 144 g/mol. The number of hydrogen-bond donors (Lipinski definition) is 3. The molecule has 0 aromatic carbocycles. The molecule has 0 atom stereocenters. The molecule has 0 aliphatic rings. The van der Waals surface area contributed by atoms with Crippen LogP contribution in [-0.2, 0) is 9.59 Å². The summed E-state index contributed by atoms with van der Waals surface area (Å²) in [6.07, 6.45) is 0.505. The maximum absolute atomic E-state index is 9.83. The van der Waals surface area contributed by atoms with Gasteiger partial charge in [-0.05, 0) is 0 Å². The molecule has 5 heteroatoms. The van der Waals surface area contributed by atoms with Crippen molar-refractivity contribution in [2.45, 2.75) is 0 Å². The number of hydrogen-bond acceptors (Lipinski definition) is 3. The van der Waals surface area contributed by atoms with E-state index in [1.807, 2.05) is 0 Å². The van der Waals surface area contributed by atoms with Crippen molar-refractivity contribution in [1.82, 2.24) is 0 Å². The predicted molar refractivity (Wildman–Crippen MR) is 32.3 cm³/mol. The van der Waals surface area contributed by atoms with Gasteiger partial charge in [-0.2, -0.15) is 0 Å². The van der Waals surface area contributed by atoms with Gasteiger partial charge in [0, 0.05) is 6.08 Å². The molecule has 0 bridgehead atoms. The summed E-state index contributed by atoms with van der Waals surface area (Å²) in [6.45, 7) is 0. The highest BCUT2D eigenvalue weighted by molar-refractivity contribution is 7.85. The van der Waals surface area contributed by atoms with Gasteiger partial charge in [-0.3, -0.25) is 0 Å². The maximum Gasteiger partial charge on any atom is 0.342 e. The number of carboxylic acids is 2. The Balaban J connectivity index is 4.17. The van der Waals surface area contributed by atoms with Gasteiger partial charge < -0.3 is 10.2 Å². The van der Waals surface area contributed by atoms with E-state index in [0.717, 1.165) is 0 Å². The summed E-state index contributed by atoms with van der Waals surface area (Å²) in [5.41, 5.74) is 0. The average Bonchev–Trinajstić information content (AvgIpc) is 1.63. The molecule has 0 amide bonds. The van der Waals surface area contributed by atoms with Crippen LogP contribution >= 0.6 is 12.6 Å². The predicted octanol–water partition coefficient (Wildman–Crippen LogP) is -0.0307. The van der Waals surface area contributed by atoms with Crippen molar-refractivity contribution in [3.05, 3.63) is 11.0 Å². The minimum Gasteiger partial charge on any atom is -0.478 e. The van der Waals surface area contributed by atoms with Gasteiger partial charge in [0.2, 0.25) is 0 Å². The lowest BCUT2D eigenvalue weighted by Gasteiger charge is -1.85. The van der Waals surface area contributed by atoms with Crippen molar-refractivity contribution in [2.75, 3.05) is 0 Å². The average molecular weight is 148 g/mol. The molecule has 0 rings (SSSR count). The highest BCUT2D eigenvalue weighted by Gasteiger charge is 2.01. The zero-order valence-corrected chi connectivity index (χ0v) is 5.13. The zero-order chi connectivity index (χ0) is 7.44. The summed E-state index contributed by atoms with van der Waals surface area (Å²) in [7, 11) is 0. The molecule has 0 aliphatic heterocycles. The molecule has 0 aliphatic carbocycles. The Hall–Kier alpha value is -0.970. The van der Waals surface area contributed by atoms with Crippen molar-refractivity contribution in [1.29, 1.82) is 0 Å². The highest BCUT2D eigenvalue weighted by atomic mass is 32.1. The van der Waals surface area contributed by atoms with Crippen molar-refractivity contribution < 1.29 is 19.8 Å². The minimum absolute atomic E-state index is 0.484. The first-order valence-corrected chi connectivity index (χ1v) is 2.35. The smallest absolute Gasteiger partial charge is 0.342 e. The van der Waals surface area contributed by atoms with Crippen LogP contribution in [0.4, 0.5) is 0 Å². The standard InChI is InChI=1S/C4H4O4S/c5-3(6)1-2(9)4(7)8/h1,9H,(H,5,6)(H,7,8). The highest BCUT2D eigenvalue weighted by Crippen LogP contribution is 1.97. The van der Waals surface area contributed by atoms with Crippen molar-refractivity contribution >= 4 is 24.6 Å². The fourth-order valence-electron chi connectivity index (χ4n) is 0.179. The third kappa shape index (κ3) is 3.60. The van der Waals surface area contributed by atoms with Gasteiger partial charge in [0.25, 0.3) is 0 Å². The van der Waals surface area contributed by atoms with E-state index in [0.29, 0.717) is 6.08 Å². The van der Waals surface area contributed by atoms with Crippen LogP contribution in [0.1, 0.15) is 0 Å². The Morgan fingerprint density at radius 1 is 1.33 bits per heavy atom. The molecule has 0 saturated heterocycles. The van der Waals surface area contributed by atoms with Crippen LogP contribution in [-0.4, -0.2) is 22.2 Å². The van der Waals surface area contributed by atoms with Crippen LogP contribution in [0.5, 0.6) is 0 Å². The van der Waals surface area contributed by atoms with Crippen molar-refractivity contribution in [3.63, 3.8) is 0 Å². The largest absolute Gasteiger partial charge is 0.478 e. The number of rotatable bonds is 2. The van der Waals surface area contributed by atoms with Gasteiger partial charge in [0.05, 0.1) is 4.91 Å². The molecule has 2 N–H and O–H groups in total. The summed E-state index contributed by atoms with van der Waals surface area (Å²) in [5, 5.41) is 16.0. The first-order valence-electron chi connectivity index (χ1n) is 1.91. The Bertz CT molecular complexity index is 171. The molecule has 4 nitrogen and oxygen atoms in total. The van der Waals surface area contributed by atoms with Gasteiger partial charge >= 0.3 is 11.9 Å². The monoisotopic (exact) mass is 148 g/mol. The maximum atomic E-state index is 9.83. The van der Waals surface area contributed by atoms with Crippen LogP contribution in [0.3, 0.4) is 0 Å². The Kier molecular flexibility index (Phi) is 2.80. The van der Waals surface area contributed by atoms with E-state index in [1.165, 1.54) is 0 Å². The second-order valence-electron chi connectivity index (χ2n) is 1.17. The van der Waals surface area contributed by atoms with E-state index in [2.05, 4.69) is 12.6 Å². The molecule has 0 unspecified atom stereocenters. The zero-order valence-electron chi connectivity index (χ0n) is 4.24. The lowest BCUT2D eigenvalue weighted by Crippen LogP contribution is -1.97. The minimum atomic E-state index is -1.35. The molecule has 9 heavy (non-hydrogen) atoms. The Morgan fingerprint density at radius 3 is 1.89 bits per heavy atom. The van der Waals surface area contributed by atoms with Gasteiger partial charge in [-0.25, -0.2) is 9.59 Å². The van der Waals surface area contributed by atoms with Gasteiger partial charge in [0.15, 0.2) is 0 Å². The summed E-state index contributed by atoms with van der Waals surface area (Å²) >= 11 is 3.35. The van der Waals surface area contributed by atoms with E-state index in [4.69, 9.17) is 10.2 Å². The first-order chi connectivity index (χ1) is 4.04. The third-order valence-electron chi connectivity index (χ3n) is 0.479. The third-order valence-corrected chi connectivity index (χ3v) is 0.800. The summed E-state index contributed by atoms with van der Waals surface area (Å²) in [5.74, 6) is -2.66. The van der Waals surface area contributed by atoms with Crippen LogP contribution in [0.2, 0.25) is 0 Å². The quantitative estimate of drug-likeness (QED) is 0.379. The van der Waals surface area contributed by atoms with Crippen LogP contribution in [0.25, 0.3) is 0 Å². The topological polar surface area (TPSA) is 74.6 Å². The fraction of sp³-hybridized carbons (Fsp3) is 0. The van der Waals surface area contributed by atoms with E-state index < -0.39 is 16.8 Å². The fourth-order valence-corrected chi connectivity index (χ4v) is 0.289. The van der Waals surface area contributed by atoms with Crippen molar-refractivity contribution in [3.8, 4) is 0 Å². The van der Waals surface area contributed by atoms with Crippen LogP contribution < -0.4 is 0 Å². The molecule has 0 aromatic heterocycles. The number of aliphatic carboxylic acids is 2. The van der Waals surface area contributed by atoms with Crippen molar-refractivity contribution in [2.24, 2.45) is 0 Å². The first kappa shape index (κ1) is 8.03. The van der Waals surface area contributed by atoms with Gasteiger partial charge in [0.1, 0.15) is 0 Å². The molecule has 0 saturated carbocycles. The summed E-state index contributed by atoms with van der Waals surface area (Å²) < 4.78 is 0. The summed E-state index contributed by atoms with van der Waals surface area (Å²) in [6, 6.07) is 0. The lowest BCUT2D eigenvalue weighted by atomic mass is 10.5. The SMILES string of the molecule is O=C(O)C=C(S)C(=O)O. The van der Waals surface area contributed by atoms with E-state index in [-0.39, 0.29) is 0 Å². The second-order valence-corrected chi connectivity index (χ2v) is 1.65. The molecular formula is C4H4O4S. The van der Waals surface area contributed by atoms with E-state index >= 15 is 0 Å². The molecule has 0 heterocycles. The van der Waals surface area contributed by atoms with Crippen LogP contribution in [0, 0.1) is 0 Å².